The van der Waals surface area contributed by atoms with Gasteiger partial charge in [0.05, 0.1) is 26.7 Å². The van der Waals surface area contributed by atoms with Crippen molar-refractivity contribution in [2.75, 3.05) is 40.4 Å². The summed E-state index contributed by atoms with van der Waals surface area (Å²) in [4.78, 5) is 27.0. The minimum atomic E-state index is -0.819. The second-order valence-electron chi connectivity index (χ2n) is 6.55. The number of carboxylic acids is 1. The molecule has 1 amide bonds. The maximum absolute atomic E-state index is 12.4. The number of carbonyl (C=O) groups excluding carboxylic acids is 1. The predicted molar refractivity (Wildman–Crippen MR) is 97.6 cm³/mol. The Morgan fingerprint density at radius 2 is 1.88 bits per heavy atom. The van der Waals surface area contributed by atoms with Crippen LogP contribution in [0.15, 0.2) is 24.3 Å². The van der Waals surface area contributed by atoms with Crippen LogP contribution in [0, 0.1) is 0 Å². The molecule has 0 aliphatic carbocycles. The Labute approximate surface area is 154 Å². The van der Waals surface area contributed by atoms with Crippen LogP contribution in [-0.4, -0.2) is 73.2 Å². The Morgan fingerprint density at radius 3 is 2.54 bits per heavy atom. The third-order valence-electron chi connectivity index (χ3n) is 4.70. The number of likely N-dealkylation sites (N-methyl/N-ethyl adjacent to an activating group) is 1. The average molecular weight is 364 g/mol. The fourth-order valence-electron chi connectivity index (χ4n) is 3.20. The summed E-state index contributed by atoms with van der Waals surface area (Å²) in [6, 6.07) is 7.48. The van der Waals surface area contributed by atoms with Crippen molar-refractivity contribution < 1.29 is 24.2 Å². The summed E-state index contributed by atoms with van der Waals surface area (Å²) in [6.07, 6.45) is 2.94. The number of likely N-dealkylation sites (tertiary alicyclic amines) is 1. The van der Waals surface area contributed by atoms with Crippen LogP contribution in [0.1, 0.15) is 25.7 Å². The standard InChI is InChI=1S/C19H28N2O5/c1-20(14-19(23)24)15-4-3-11-21(12-9-15)18(22)10-13-26-17-7-5-16(25-2)6-8-17/h5-8,15H,3-4,9-14H2,1-2H3,(H,23,24). The molecule has 26 heavy (non-hydrogen) atoms. The second-order valence-corrected chi connectivity index (χ2v) is 6.55. The Balaban J connectivity index is 1.74. The van der Waals surface area contributed by atoms with E-state index in [0.717, 1.165) is 31.6 Å². The van der Waals surface area contributed by atoms with E-state index < -0.39 is 5.97 Å². The van der Waals surface area contributed by atoms with E-state index in [1.807, 2.05) is 41.1 Å². The van der Waals surface area contributed by atoms with Crippen molar-refractivity contribution in [1.82, 2.24) is 9.80 Å². The quantitative estimate of drug-likeness (QED) is 0.759. The van der Waals surface area contributed by atoms with Gasteiger partial charge in [-0.3, -0.25) is 14.5 Å². The minimum Gasteiger partial charge on any atom is -0.497 e. The van der Waals surface area contributed by atoms with Gasteiger partial charge >= 0.3 is 5.97 Å². The number of hydrogen-bond acceptors (Lipinski definition) is 5. The Hall–Kier alpha value is -2.28. The zero-order valence-corrected chi connectivity index (χ0v) is 15.5. The molecule has 0 spiro atoms. The first-order valence-electron chi connectivity index (χ1n) is 8.96. The Bertz CT molecular complexity index is 590. The zero-order chi connectivity index (χ0) is 18.9. The summed E-state index contributed by atoms with van der Waals surface area (Å²) in [6.45, 7) is 1.76. The second kappa shape index (κ2) is 10.0. The van der Waals surface area contributed by atoms with Crippen molar-refractivity contribution >= 4 is 11.9 Å². The number of nitrogens with zero attached hydrogens (tertiary/aromatic N) is 2. The molecule has 7 heteroatoms. The molecule has 144 valence electrons. The number of benzene rings is 1. The molecule has 0 bridgehead atoms. The van der Waals surface area contributed by atoms with Crippen LogP contribution in [0.3, 0.4) is 0 Å². The Kier molecular flexibility index (Phi) is 7.72. The van der Waals surface area contributed by atoms with Crippen molar-refractivity contribution in [3.05, 3.63) is 24.3 Å². The Morgan fingerprint density at radius 1 is 1.19 bits per heavy atom. The van der Waals surface area contributed by atoms with Crippen molar-refractivity contribution in [2.24, 2.45) is 0 Å². The van der Waals surface area contributed by atoms with Gasteiger partial charge in [-0.15, -0.1) is 0 Å². The van der Waals surface area contributed by atoms with Gasteiger partial charge in [-0.25, -0.2) is 0 Å². The van der Waals surface area contributed by atoms with Crippen molar-refractivity contribution in [3.63, 3.8) is 0 Å². The molecule has 1 saturated heterocycles. The average Bonchev–Trinajstić information content (AvgIpc) is 2.88. The van der Waals surface area contributed by atoms with Gasteiger partial charge in [0.1, 0.15) is 11.5 Å². The van der Waals surface area contributed by atoms with E-state index in [9.17, 15) is 9.59 Å². The van der Waals surface area contributed by atoms with Gasteiger partial charge in [0.15, 0.2) is 0 Å². The fourth-order valence-corrected chi connectivity index (χ4v) is 3.20. The molecule has 1 N–H and O–H groups in total. The first-order valence-corrected chi connectivity index (χ1v) is 8.96. The molecular formula is C19H28N2O5. The van der Waals surface area contributed by atoms with Crippen molar-refractivity contribution in [1.29, 1.82) is 0 Å². The van der Waals surface area contributed by atoms with Crippen LogP contribution in [-0.2, 0) is 9.59 Å². The lowest BCUT2D eigenvalue weighted by atomic mass is 10.1. The molecule has 2 rings (SSSR count). The number of ether oxygens (including phenoxy) is 2. The predicted octanol–water partition coefficient (Wildman–Crippen LogP) is 1.86. The highest BCUT2D eigenvalue weighted by Crippen LogP contribution is 2.18. The number of hydrogen-bond donors (Lipinski definition) is 1. The van der Waals surface area contributed by atoms with Crippen LogP contribution in [0.4, 0.5) is 0 Å². The number of methoxy groups -OCH3 is 1. The summed E-state index contributed by atoms with van der Waals surface area (Å²) in [5.41, 5.74) is 0. The van der Waals surface area contributed by atoms with Gasteiger partial charge in [-0.1, -0.05) is 0 Å². The fraction of sp³-hybridized carbons (Fsp3) is 0.579. The van der Waals surface area contributed by atoms with Gasteiger partial charge in [-0.05, 0) is 50.6 Å². The molecule has 1 aromatic rings. The van der Waals surface area contributed by atoms with E-state index in [2.05, 4.69) is 0 Å². The molecule has 0 aromatic heterocycles. The van der Waals surface area contributed by atoms with E-state index in [4.69, 9.17) is 14.6 Å². The van der Waals surface area contributed by atoms with Crippen LogP contribution >= 0.6 is 0 Å². The van der Waals surface area contributed by atoms with E-state index >= 15 is 0 Å². The summed E-state index contributed by atoms with van der Waals surface area (Å²) >= 11 is 0. The topological polar surface area (TPSA) is 79.3 Å². The van der Waals surface area contributed by atoms with Crippen LogP contribution in [0.5, 0.6) is 11.5 Å². The summed E-state index contributed by atoms with van der Waals surface area (Å²) in [7, 11) is 3.44. The first kappa shape index (κ1) is 20.0. The molecule has 1 aliphatic rings. The molecular weight excluding hydrogens is 336 g/mol. The van der Waals surface area contributed by atoms with E-state index in [-0.39, 0.29) is 18.5 Å². The summed E-state index contributed by atoms with van der Waals surface area (Å²) < 4.78 is 10.7. The lowest BCUT2D eigenvalue weighted by Crippen LogP contribution is -2.37. The lowest BCUT2D eigenvalue weighted by molar-refractivity contribution is -0.138. The highest BCUT2D eigenvalue weighted by Gasteiger charge is 2.23. The van der Waals surface area contributed by atoms with Crippen LogP contribution in [0.2, 0.25) is 0 Å². The van der Waals surface area contributed by atoms with Crippen LogP contribution < -0.4 is 9.47 Å². The number of aliphatic carboxylic acids is 1. The number of carbonyl (C=O) groups is 2. The number of amides is 1. The molecule has 0 radical (unpaired) electrons. The smallest absolute Gasteiger partial charge is 0.317 e. The molecule has 0 saturated carbocycles. The van der Waals surface area contributed by atoms with Gasteiger partial charge in [0.25, 0.3) is 0 Å². The number of rotatable bonds is 8. The lowest BCUT2D eigenvalue weighted by Gasteiger charge is -2.25. The van der Waals surface area contributed by atoms with Crippen LogP contribution in [0.25, 0.3) is 0 Å². The highest BCUT2D eigenvalue weighted by molar-refractivity contribution is 5.76. The number of carboxylic acid groups (broad SMARTS) is 1. The third kappa shape index (κ3) is 6.22. The molecule has 1 aromatic carbocycles. The first-order chi connectivity index (χ1) is 12.5. The molecule has 1 aliphatic heterocycles. The normalized spacial score (nSPS) is 17.7. The maximum atomic E-state index is 12.4. The third-order valence-corrected chi connectivity index (χ3v) is 4.70. The monoisotopic (exact) mass is 364 g/mol. The van der Waals surface area contributed by atoms with Gasteiger partial charge in [-0.2, -0.15) is 0 Å². The van der Waals surface area contributed by atoms with E-state index in [1.165, 1.54) is 0 Å². The molecule has 1 unspecified atom stereocenters. The van der Waals surface area contributed by atoms with E-state index in [1.54, 1.807) is 7.11 Å². The van der Waals surface area contributed by atoms with Gasteiger partial charge in [0.2, 0.25) is 5.91 Å². The van der Waals surface area contributed by atoms with Gasteiger partial charge in [0, 0.05) is 19.1 Å². The largest absolute Gasteiger partial charge is 0.497 e. The maximum Gasteiger partial charge on any atom is 0.317 e. The van der Waals surface area contributed by atoms with Crippen molar-refractivity contribution in [2.45, 2.75) is 31.7 Å². The zero-order valence-electron chi connectivity index (χ0n) is 15.5. The van der Waals surface area contributed by atoms with E-state index in [0.29, 0.717) is 25.3 Å². The molecule has 1 heterocycles. The summed E-state index contributed by atoms with van der Waals surface area (Å²) in [5.74, 6) is 0.741. The summed E-state index contributed by atoms with van der Waals surface area (Å²) in [5, 5.41) is 8.92. The van der Waals surface area contributed by atoms with Gasteiger partial charge < -0.3 is 19.5 Å². The minimum absolute atomic E-state index is 0.0360. The van der Waals surface area contributed by atoms with Crippen molar-refractivity contribution in [3.8, 4) is 11.5 Å². The molecule has 7 nitrogen and oxygen atoms in total. The molecule has 1 fully saturated rings. The highest BCUT2D eigenvalue weighted by atomic mass is 16.5. The SMILES string of the molecule is COc1ccc(OCCC(=O)N2CCCC(N(C)CC(=O)O)CC2)cc1. The molecule has 1 atom stereocenters.